The second-order valence-corrected chi connectivity index (χ2v) is 7.17. The summed E-state index contributed by atoms with van der Waals surface area (Å²) in [6.45, 7) is 3.62. The van der Waals surface area contributed by atoms with Crippen molar-refractivity contribution in [3.8, 4) is 0 Å². The van der Waals surface area contributed by atoms with Gasteiger partial charge in [-0.05, 0) is 37.5 Å². The number of carboxylic acid groups (broad SMARTS) is 1. The molecule has 2 atom stereocenters. The number of rotatable bonds is 6. The van der Waals surface area contributed by atoms with Crippen LogP contribution in [0.2, 0.25) is 5.02 Å². The second-order valence-electron chi connectivity index (χ2n) is 6.73. The molecule has 5 nitrogen and oxygen atoms in total. The zero-order chi connectivity index (χ0) is 17.3. The van der Waals surface area contributed by atoms with E-state index in [-0.39, 0.29) is 18.4 Å². The molecule has 130 valence electrons. The molecule has 0 bridgehead atoms. The fourth-order valence-corrected chi connectivity index (χ4v) is 3.60. The van der Waals surface area contributed by atoms with Gasteiger partial charge in [0.1, 0.15) is 0 Å². The molecule has 1 saturated carbocycles. The van der Waals surface area contributed by atoms with Crippen LogP contribution in [0.3, 0.4) is 0 Å². The normalized spacial score (nSPS) is 24.8. The summed E-state index contributed by atoms with van der Waals surface area (Å²) in [5.41, 5.74) is 0.491. The first-order valence-electron chi connectivity index (χ1n) is 8.32. The maximum Gasteiger partial charge on any atom is 0.308 e. The number of likely N-dealkylation sites (tertiary alicyclic amines) is 1. The molecule has 0 unspecified atom stereocenters. The Bertz CT molecular complexity index is 626. The van der Waals surface area contributed by atoms with E-state index in [2.05, 4.69) is 0 Å². The summed E-state index contributed by atoms with van der Waals surface area (Å²) >= 11 is 5.92. The van der Waals surface area contributed by atoms with E-state index in [1.54, 1.807) is 17.0 Å². The first-order chi connectivity index (χ1) is 11.5. The molecule has 0 aromatic heterocycles. The molecular weight excluding hydrogens is 330 g/mol. The summed E-state index contributed by atoms with van der Waals surface area (Å²) in [6, 6.07) is 7.23. The molecule has 1 aliphatic heterocycles. The molecule has 6 heteroatoms. The molecule has 0 spiro atoms. The molecular formula is C18H22ClNO4. The van der Waals surface area contributed by atoms with Gasteiger partial charge in [0, 0.05) is 30.6 Å². The number of carbonyl (C=O) groups excluding carboxylic acids is 1. The Kier molecular flexibility index (Phi) is 4.83. The van der Waals surface area contributed by atoms with E-state index < -0.39 is 17.3 Å². The SMILES string of the molecule is CCOCC1(C(=O)N2C[C@@H](C(=O)O)[C@H](c3ccc(Cl)cc3)C2)CC1. The van der Waals surface area contributed by atoms with Crippen molar-refractivity contribution in [2.75, 3.05) is 26.3 Å². The van der Waals surface area contributed by atoms with Crippen LogP contribution < -0.4 is 0 Å². The van der Waals surface area contributed by atoms with Gasteiger partial charge in [0.25, 0.3) is 0 Å². The monoisotopic (exact) mass is 351 g/mol. The van der Waals surface area contributed by atoms with Crippen LogP contribution in [0.1, 0.15) is 31.2 Å². The first-order valence-corrected chi connectivity index (χ1v) is 8.70. The molecule has 3 rings (SSSR count). The maximum absolute atomic E-state index is 12.9. The number of hydrogen-bond acceptors (Lipinski definition) is 3. The molecule has 1 heterocycles. The van der Waals surface area contributed by atoms with Crippen molar-refractivity contribution in [1.29, 1.82) is 0 Å². The summed E-state index contributed by atoms with van der Waals surface area (Å²) in [7, 11) is 0. The van der Waals surface area contributed by atoms with Gasteiger partial charge in [0.15, 0.2) is 0 Å². The van der Waals surface area contributed by atoms with Crippen molar-refractivity contribution in [1.82, 2.24) is 4.90 Å². The zero-order valence-electron chi connectivity index (χ0n) is 13.7. The van der Waals surface area contributed by atoms with Gasteiger partial charge in [-0.15, -0.1) is 0 Å². The van der Waals surface area contributed by atoms with E-state index in [0.29, 0.717) is 24.8 Å². The Hall–Kier alpha value is -1.59. The minimum atomic E-state index is -0.861. The van der Waals surface area contributed by atoms with Gasteiger partial charge in [0.05, 0.1) is 17.9 Å². The van der Waals surface area contributed by atoms with Crippen molar-refractivity contribution < 1.29 is 19.4 Å². The minimum Gasteiger partial charge on any atom is -0.481 e. The van der Waals surface area contributed by atoms with Crippen molar-refractivity contribution in [2.24, 2.45) is 11.3 Å². The predicted octanol–water partition coefficient (Wildman–Crippen LogP) is 2.78. The molecule has 24 heavy (non-hydrogen) atoms. The highest BCUT2D eigenvalue weighted by Crippen LogP contribution is 2.49. The number of carboxylic acids is 1. The molecule has 0 radical (unpaired) electrons. The lowest BCUT2D eigenvalue weighted by Crippen LogP contribution is -2.38. The molecule has 1 saturated heterocycles. The summed E-state index contributed by atoms with van der Waals surface area (Å²) in [6.07, 6.45) is 1.65. The Balaban J connectivity index is 1.76. The Morgan fingerprint density at radius 2 is 1.96 bits per heavy atom. The Morgan fingerprint density at radius 3 is 2.50 bits per heavy atom. The van der Waals surface area contributed by atoms with Gasteiger partial charge in [-0.3, -0.25) is 9.59 Å². The largest absolute Gasteiger partial charge is 0.481 e. The lowest BCUT2D eigenvalue weighted by atomic mass is 9.89. The molecule has 1 amide bonds. The van der Waals surface area contributed by atoms with Crippen molar-refractivity contribution in [3.63, 3.8) is 0 Å². The minimum absolute atomic E-state index is 0.0404. The van der Waals surface area contributed by atoms with Crippen LogP contribution in [0.15, 0.2) is 24.3 Å². The van der Waals surface area contributed by atoms with Gasteiger partial charge in [-0.1, -0.05) is 23.7 Å². The smallest absolute Gasteiger partial charge is 0.308 e. The fraction of sp³-hybridized carbons (Fsp3) is 0.556. The van der Waals surface area contributed by atoms with Gasteiger partial charge in [-0.25, -0.2) is 0 Å². The van der Waals surface area contributed by atoms with Crippen LogP contribution in [0.25, 0.3) is 0 Å². The van der Waals surface area contributed by atoms with Crippen LogP contribution >= 0.6 is 11.6 Å². The Morgan fingerprint density at radius 1 is 1.29 bits per heavy atom. The average molecular weight is 352 g/mol. The number of hydrogen-bond donors (Lipinski definition) is 1. The van der Waals surface area contributed by atoms with Crippen molar-refractivity contribution in [3.05, 3.63) is 34.9 Å². The van der Waals surface area contributed by atoms with Crippen molar-refractivity contribution in [2.45, 2.75) is 25.7 Å². The highest BCUT2D eigenvalue weighted by atomic mass is 35.5. The third kappa shape index (κ3) is 3.28. The predicted molar refractivity (Wildman–Crippen MR) is 90.1 cm³/mol. The van der Waals surface area contributed by atoms with Gasteiger partial charge in [-0.2, -0.15) is 0 Å². The van der Waals surface area contributed by atoms with Gasteiger partial charge >= 0.3 is 5.97 Å². The fourth-order valence-electron chi connectivity index (χ4n) is 3.47. The number of aliphatic carboxylic acids is 1. The maximum atomic E-state index is 12.9. The number of carbonyl (C=O) groups is 2. The second kappa shape index (κ2) is 6.73. The third-order valence-electron chi connectivity index (χ3n) is 5.11. The zero-order valence-corrected chi connectivity index (χ0v) is 14.5. The first kappa shape index (κ1) is 17.2. The van der Waals surface area contributed by atoms with E-state index in [1.165, 1.54) is 0 Å². The van der Waals surface area contributed by atoms with E-state index in [4.69, 9.17) is 16.3 Å². The number of halogens is 1. The quantitative estimate of drug-likeness (QED) is 0.855. The van der Waals surface area contributed by atoms with Crippen LogP contribution in [0, 0.1) is 11.3 Å². The van der Waals surface area contributed by atoms with Gasteiger partial charge in [0.2, 0.25) is 5.91 Å². The molecule has 1 N–H and O–H groups in total. The van der Waals surface area contributed by atoms with E-state index in [1.807, 2.05) is 19.1 Å². The highest BCUT2D eigenvalue weighted by molar-refractivity contribution is 6.30. The number of amides is 1. The van der Waals surface area contributed by atoms with Crippen LogP contribution in [-0.4, -0.2) is 48.2 Å². The topological polar surface area (TPSA) is 66.8 Å². The molecule has 1 aromatic rings. The lowest BCUT2D eigenvalue weighted by Gasteiger charge is -2.23. The number of benzene rings is 1. The summed E-state index contributed by atoms with van der Waals surface area (Å²) in [5, 5.41) is 10.2. The number of ether oxygens (including phenoxy) is 1. The van der Waals surface area contributed by atoms with E-state index in [0.717, 1.165) is 18.4 Å². The van der Waals surface area contributed by atoms with Crippen LogP contribution in [-0.2, 0) is 14.3 Å². The average Bonchev–Trinajstić information content (AvgIpc) is 3.22. The van der Waals surface area contributed by atoms with Crippen molar-refractivity contribution >= 4 is 23.5 Å². The van der Waals surface area contributed by atoms with Gasteiger partial charge < -0.3 is 14.7 Å². The van der Waals surface area contributed by atoms with Crippen LogP contribution in [0.4, 0.5) is 0 Å². The summed E-state index contributed by atoms with van der Waals surface area (Å²) in [4.78, 5) is 26.2. The van der Waals surface area contributed by atoms with Crippen LogP contribution in [0.5, 0.6) is 0 Å². The number of nitrogens with zero attached hydrogens (tertiary/aromatic N) is 1. The standard InChI is InChI=1S/C18H22ClNO4/c1-2-24-11-18(7-8-18)17(23)20-9-14(15(10-20)16(21)22)12-3-5-13(19)6-4-12/h3-6,14-15H,2,7-11H2,1H3,(H,21,22)/t14-,15+/m0/s1. The lowest BCUT2D eigenvalue weighted by molar-refractivity contribution is -0.142. The summed E-state index contributed by atoms with van der Waals surface area (Å²) in [5.74, 6) is -1.61. The molecule has 2 fully saturated rings. The third-order valence-corrected chi connectivity index (χ3v) is 5.36. The molecule has 1 aromatic carbocycles. The molecule has 1 aliphatic carbocycles. The summed E-state index contributed by atoms with van der Waals surface area (Å²) < 4.78 is 5.46. The van der Waals surface area contributed by atoms with E-state index in [9.17, 15) is 14.7 Å². The molecule has 2 aliphatic rings. The van der Waals surface area contributed by atoms with E-state index >= 15 is 0 Å². The highest BCUT2D eigenvalue weighted by Gasteiger charge is 2.54. The Labute approximate surface area is 146 Å².